The lowest BCUT2D eigenvalue weighted by molar-refractivity contribution is -0.249. The van der Waals surface area contributed by atoms with E-state index in [0.29, 0.717) is 0 Å². The number of nitrogens with zero attached hydrogens (tertiary/aromatic N) is 2. The Morgan fingerprint density at radius 3 is 2.22 bits per heavy atom. The van der Waals surface area contributed by atoms with E-state index in [4.69, 9.17) is 30.4 Å². The van der Waals surface area contributed by atoms with Crippen LogP contribution in [0.5, 0.6) is 0 Å². The van der Waals surface area contributed by atoms with Crippen LogP contribution in [-0.2, 0) is 18.9 Å². The standard InChI is InChI=1S/C18H22N4O4S/c1-23-13-12(11-9(7-19)15(21)27-16(22)10(11)8-20)24-17-14(13)25-18(26-17)5-3-2-4-6-18/h11-14,17H,2-6,21-22H2,1H3/t12-,13-,14-,17+/m0/s1. The van der Waals surface area contributed by atoms with Gasteiger partial charge in [-0.05, 0) is 12.8 Å². The topological polar surface area (TPSA) is 137 Å². The molecule has 144 valence electrons. The smallest absolute Gasteiger partial charge is 0.190 e. The minimum atomic E-state index is -0.702. The molecule has 0 amide bonds. The van der Waals surface area contributed by atoms with Crippen molar-refractivity contribution in [3.8, 4) is 12.1 Å². The Morgan fingerprint density at radius 2 is 1.67 bits per heavy atom. The number of fused-ring (bicyclic) bond motifs is 1. The first-order chi connectivity index (χ1) is 13.0. The lowest BCUT2D eigenvalue weighted by atomic mass is 9.84. The minimum Gasteiger partial charge on any atom is -0.392 e. The first-order valence-electron chi connectivity index (χ1n) is 9.05. The molecule has 0 aromatic rings. The molecule has 3 aliphatic heterocycles. The third-order valence-corrected chi connectivity index (χ3v) is 6.60. The maximum atomic E-state index is 9.62. The van der Waals surface area contributed by atoms with Crippen LogP contribution in [0.2, 0.25) is 0 Å². The molecular weight excluding hydrogens is 368 g/mol. The van der Waals surface area contributed by atoms with Gasteiger partial charge in [-0.1, -0.05) is 18.2 Å². The molecule has 27 heavy (non-hydrogen) atoms. The second kappa shape index (κ2) is 7.01. The number of hydrogen-bond acceptors (Lipinski definition) is 9. The van der Waals surface area contributed by atoms with Gasteiger partial charge in [0.1, 0.15) is 18.3 Å². The maximum Gasteiger partial charge on any atom is 0.190 e. The lowest BCUT2D eigenvalue weighted by Gasteiger charge is -2.36. The van der Waals surface area contributed by atoms with E-state index in [1.165, 1.54) is 6.42 Å². The summed E-state index contributed by atoms with van der Waals surface area (Å²) < 4.78 is 24.3. The molecule has 2 saturated heterocycles. The molecular formula is C18H22N4O4S. The fourth-order valence-corrected chi connectivity index (χ4v) is 5.28. The van der Waals surface area contributed by atoms with Gasteiger partial charge >= 0.3 is 0 Å². The van der Waals surface area contributed by atoms with E-state index in [1.54, 1.807) is 7.11 Å². The molecule has 3 heterocycles. The summed E-state index contributed by atoms with van der Waals surface area (Å²) in [5.74, 6) is -1.32. The average Bonchev–Trinajstić information content (AvgIpc) is 3.15. The first kappa shape index (κ1) is 18.6. The largest absolute Gasteiger partial charge is 0.392 e. The molecule has 4 atom stereocenters. The summed E-state index contributed by atoms with van der Waals surface area (Å²) in [5, 5.41) is 19.8. The van der Waals surface area contributed by atoms with Crippen LogP contribution in [0.1, 0.15) is 32.1 Å². The number of thioether (sulfide) groups is 1. The summed E-state index contributed by atoms with van der Waals surface area (Å²) in [7, 11) is 1.56. The fraction of sp³-hybridized carbons (Fsp3) is 0.667. The molecule has 0 radical (unpaired) electrons. The lowest BCUT2D eigenvalue weighted by Crippen LogP contribution is -2.43. The summed E-state index contributed by atoms with van der Waals surface area (Å²) in [5.41, 5.74) is 12.6. The van der Waals surface area contributed by atoms with Crippen LogP contribution < -0.4 is 11.5 Å². The monoisotopic (exact) mass is 390 g/mol. The Kier molecular flexibility index (Phi) is 4.83. The summed E-state index contributed by atoms with van der Waals surface area (Å²) in [6.45, 7) is 0. The quantitative estimate of drug-likeness (QED) is 0.719. The van der Waals surface area contributed by atoms with Gasteiger partial charge in [-0.25, -0.2) is 0 Å². The van der Waals surface area contributed by atoms with E-state index in [-0.39, 0.29) is 21.2 Å². The SMILES string of the molecule is CO[C@@H]1[C@@H]2OC3(CCCCC3)O[C@H]2O[C@H]1C1C(C#N)=C(N)SC(N)=C1C#N. The van der Waals surface area contributed by atoms with E-state index in [2.05, 4.69) is 12.1 Å². The zero-order valence-corrected chi connectivity index (χ0v) is 15.8. The third kappa shape index (κ3) is 2.91. The zero-order valence-electron chi connectivity index (χ0n) is 15.0. The van der Waals surface area contributed by atoms with Crippen LogP contribution in [0.25, 0.3) is 0 Å². The number of ether oxygens (including phenoxy) is 4. The van der Waals surface area contributed by atoms with E-state index in [9.17, 15) is 10.5 Å². The third-order valence-electron chi connectivity index (χ3n) is 5.72. The van der Waals surface area contributed by atoms with Crippen LogP contribution in [0, 0.1) is 28.6 Å². The second-order valence-electron chi connectivity index (χ2n) is 7.20. The predicted octanol–water partition coefficient (Wildman–Crippen LogP) is 1.55. The Balaban J connectivity index is 1.64. The van der Waals surface area contributed by atoms with Gasteiger partial charge in [0.15, 0.2) is 12.1 Å². The Hall–Kier alpha value is -1.75. The fourth-order valence-electron chi connectivity index (χ4n) is 4.48. The van der Waals surface area contributed by atoms with Crippen LogP contribution in [0.15, 0.2) is 21.2 Å². The van der Waals surface area contributed by atoms with Crippen molar-refractivity contribution in [1.29, 1.82) is 10.5 Å². The van der Waals surface area contributed by atoms with Crippen molar-refractivity contribution in [2.45, 2.75) is 62.5 Å². The summed E-state index contributed by atoms with van der Waals surface area (Å²) in [6.07, 6.45) is 2.77. The van der Waals surface area contributed by atoms with Gasteiger partial charge < -0.3 is 30.4 Å². The number of methoxy groups -OCH3 is 1. The molecule has 0 unspecified atom stereocenters. The van der Waals surface area contributed by atoms with E-state index in [0.717, 1.165) is 37.4 Å². The van der Waals surface area contributed by atoms with Gasteiger partial charge in [0, 0.05) is 20.0 Å². The van der Waals surface area contributed by atoms with Crippen molar-refractivity contribution in [2.75, 3.05) is 7.11 Å². The van der Waals surface area contributed by atoms with Crippen molar-refractivity contribution in [2.24, 2.45) is 17.4 Å². The van der Waals surface area contributed by atoms with Gasteiger partial charge in [-0.2, -0.15) is 10.5 Å². The normalized spacial score (nSPS) is 36.0. The van der Waals surface area contributed by atoms with Gasteiger partial charge in [-0.3, -0.25) is 0 Å². The van der Waals surface area contributed by atoms with Gasteiger partial charge in [0.25, 0.3) is 0 Å². The molecule has 8 nitrogen and oxygen atoms in total. The molecule has 4 rings (SSSR count). The van der Waals surface area contributed by atoms with Gasteiger partial charge in [-0.15, -0.1) is 0 Å². The number of nitriles is 2. The molecule has 0 aromatic heterocycles. The zero-order chi connectivity index (χ0) is 19.2. The van der Waals surface area contributed by atoms with E-state index in [1.807, 2.05) is 0 Å². The minimum absolute atomic E-state index is 0.269. The molecule has 1 aliphatic carbocycles. The van der Waals surface area contributed by atoms with Crippen LogP contribution in [0.3, 0.4) is 0 Å². The molecule has 0 aromatic carbocycles. The molecule has 4 aliphatic rings. The Bertz CT molecular complexity index is 741. The highest BCUT2D eigenvalue weighted by Gasteiger charge is 2.60. The molecule has 1 spiro atoms. The number of nitrogens with two attached hydrogens (primary N) is 2. The van der Waals surface area contributed by atoms with Crippen LogP contribution in [-0.4, -0.2) is 37.5 Å². The van der Waals surface area contributed by atoms with Crippen molar-refractivity contribution in [1.82, 2.24) is 0 Å². The van der Waals surface area contributed by atoms with Crippen molar-refractivity contribution in [3.63, 3.8) is 0 Å². The highest BCUT2D eigenvalue weighted by atomic mass is 32.2. The van der Waals surface area contributed by atoms with E-state index >= 15 is 0 Å². The predicted molar refractivity (Wildman–Crippen MR) is 96.0 cm³/mol. The number of rotatable bonds is 2. The summed E-state index contributed by atoms with van der Waals surface area (Å²) >= 11 is 1.03. The molecule has 0 bridgehead atoms. The molecule has 1 saturated carbocycles. The van der Waals surface area contributed by atoms with E-state index < -0.39 is 36.3 Å². The first-order valence-corrected chi connectivity index (χ1v) is 9.86. The summed E-state index contributed by atoms with van der Waals surface area (Å²) in [4.78, 5) is 0. The van der Waals surface area contributed by atoms with Crippen LogP contribution in [0.4, 0.5) is 0 Å². The van der Waals surface area contributed by atoms with Crippen molar-refractivity contribution >= 4 is 11.8 Å². The highest BCUT2D eigenvalue weighted by Crippen LogP contribution is 2.49. The number of hydrogen-bond donors (Lipinski definition) is 2. The average molecular weight is 390 g/mol. The van der Waals surface area contributed by atoms with Crippen LogP contribution >= 0.6 is 11.8 Å². The van der Waals surface area contributed by atoms with Gasteiger partial charge in [0.05, 0.1) is 39.3 Å². The molecule has 3 fully saturated rings. The van der Waals surface area contributed by atoms with Gasteiger partial charge in [0.2, 0.25) is 0 Å². The van der Waals surface area contributed by atoms with Crippen molar-refractivity contribution < 1.29 is 18.9 Å². The second-order valence-corrected chi connectivity index (χ2v) is 8.28. The van der Waals surface area contributed by atoms with Crippen molar-refractivity contribution in [3.05, 3.63) is 21.2 Å². The molecule has 9 heteroatoms. The molecule has 4 N–H and O–H groups in total. The Labute approximate surface area is 162 Å². The Morgan fingerprint density at radius 1 is 1.04 bits per heavy atom. The maximum absolute atomic E-state index is 9.62. The highest BCUT2D eigenvalue weighted by molar-refractivity contribution is 8.06. The summed E-state index contributed by atoms with van der Waals surface area (Å²) in [6, 6.07) is 4.22.